The molecule has 13 heteroatoms. The third-order valence-corrected chi connectivity index (χ3v) is 16.5. The van der Waals surface area contributed by atoms with Gasteiger partial charge in [-0.05, 0) is 170 Å². The highest BCUT2D eigenvalue weighted by Gasteiger charge is 2.50. The number of fused-ring (bicyclic) bond motifs is 1. The van der Waals surface area contributed by atoms with Gasteiger partial charge in [-0.15, -0.1) is 0 Å². The van der Waals surface area contributed by atoms with E-state index in [9.17, 15) is 9.59 Å². The van der Waals surface area contributed by atoms with Crippen molar-refractivity contribution >= 4 is 23.2 Å². The van der Waals surface area contributed by atoms with Crippen LogP contribution in [0.4, 0.5) is 11.4 Å². The maximum absolute atomic E-state index is 12.4. The Morgan fingerprint density at radius 1 is 0.475 bits per heavy atom. The summed E-state index contributed by atoms with van der Waals surface area (Å²) < 4.78 is 0. The molecule has 2 aromatic carbocycles. The molecule has 1 spiro atoms. The van der Waals surface area contributed by atoms with Gasteiger partial charge in [0.15, 0.2) is 0 Å². The minimum Gasteiger partial charge on any atom is -0.339 e. The molecular weight excluding hydrogens is 991 g/mol. The Bertz CT molecular complexity index is 1760. The molecule has 2 amide bonds. The number of carbonyl (C=O) groups is 2. The second-order valence-electron chi connectivity index (χ2n) is 23.2. The van der Waals surface area contributed by atoms with Crippen molar-refractivity contribution in [2.24, 2.45) is 5.92 Å². The lowest BCUT2D eigenvalue weighted by Gasteiger charge is -2.44. The van der Waals surface area contributed by atoms with E-state index in [0.29, 0.717) is 37.3 Å². The van der Waals surface area contributed by atoms with E-state index in [1.165, 1.54) is 70.5 Å². The van der Waals surface area contributed by atoms with E-state index in [0.717, 1.165) is 114 Å². The fraction of sp³-hybridized carbons (Fsp3) is 0.791. The second-order valence-corrected chi connectivity index (χ2v) is 23.2. The third kappa shape index (κ3) is 25.0. The smallest absolute Gasteiger partial charge is 0.247 e. The lowest BCUT2D eigenvalue weighted by molar-refractivity contribution is -0.125. The van der Waals surface area contributed by atoms with Crippen LogP contribution in [0.25, 0.3) is 0 Å². The first-order chi connectivity index (χ1) is 38.5. The molecule has 464 valence electrons. The Balaban J connectivity index is 0.000000489. The number of amides is 2. The number of anilines is 2. The van der Waals surface area contributed by atoms with Crippen LogP contribution in [0.5, 0.6) is 0 Å². The van der Waals surface area contributed by atoms with E-state index in [4.69, 9.17) is 0 Å². The number of para-hydroxylation sites is 2. The van der Waals surface area contributed by atoms with Crippen LogP contribution in [0.2, 0.25) is 0 Å². The summed E-state index contributed by atoms with van der Waals surface area (Å²) in [4.78, 5) is 41.4. The molecule has 0 radical (unpaired) electrons. The number of nitrogens with zero attached hydrogens (tertiary/aromatic N) is 7. The topological polar surface area (TPSA) is 105 Å². The molecule has 4 N–H and O–H groups in total. The van der Waals surface area contributed by atoms with Crippen molar-refractivity contribution in [3.05, 3.63) is 60.2 Å². The molecule has 80 heavy (non-hydrogen) atoms. The average molecular weight is 1120 g/mol. The van der Waals surface area contributed by atoms with Gasteiger partial charge in [0.25, 0.3) is 0 Å². The zero-order chi connectivity index (χ0) is 60.2. The monoisotopic (exact) mass is 1120 g/mol. The third-order valence-electron chi connectivity index (χ3n) is 16.5. The quantitative estimate of drug-likeness (QED) is 0.203. The SMILES string of the molecule is CC.CC.CC.CC.CC(C)C1CCCN1.CC(C)N1CCC(N2C(=O)Cc3ccccc32)CC1.CC(C)N1CCC2(CC1)C(=O)NCN2c1ccccc1.CC(C)N1CCCC1.CC(C)N1CCNC1.CC(C)N1CCNCC1. The van der Waals surface area contributed by atoms with E-state index in [-0.39, 0.29) is 17.4 Å². The van der Waals surface area contributed by atoms with E-state index in [2.05, 4.69) is 163 Å². The predicted molar refractivity (Wildman–Crippen MR) is 349 cm³/mol. The van der Waals surface area contributed by atoms with Crippen LogP contribution in [0.1, 0.15) is 195 Å². The summed E-state index contributed by atoms with van der Waals surface area (Å²) in [6.07, 6.45) is 10.2. The maximum Gasteiger partial charge on any atom is 0.247 e. The normalized spacial score (nSPS) is 21.1. The lowest BCUT2D eigenvalue weighted by atomic mass is 9.85. The lowest BCUT2D eigenvalue weighted by Crippen LogP contribution is -2.57. The fourth-order valence-corrected chi connectivity index (χ4v) is 11.5. The van der Waals surface area contributed by atoms with E-state index in [1.54, 1.807) is 0 Å². The standard InChI is InChI=1S/C16H23N3O.C16H22N2O.C7H16N2.2C7H15N.C6H14N2.4C2H6/c1-13(2)18-10-8-16(9-11-18)15(20)17-12-19(16)14-6-4-3-5-7-14;1-12(2)17-9-7-14(8-10-17)18-15-6-4-3-5-13(15)11-16(18)19;1-7(2)9-5-3-8-4-6-9;1-7(2)8-5-3-4-6-8;1-6(2)7-4-3-5-8-7;1-6(2)8-4-3-7-5-8;4*1-2/h3-7,13H,8-12H2,1-2H3,(H,17,20);3-6,12,14H,7-11H2,1-2H3;7-8H,3-6H2,1-2H3;7H,3-6H2,1-2H3;6-8H,3-5H2,1-2H3;6-7H,3-5H2,1-2H3;4*1-2H3. The van der Waals surface area contributed by atoms with Crippen molar-refractivity contribution in [3.63, 3.8) is 0 Å². The minimum absolute atomic E-state index is 0.199. The average Bonchev–Trinajstić information content (AvgIpc) is 4.37. The molecule has 8 aliphatic heterocycles. The van der Waals surface area contributed by atoms with Crippen LogP contribution in [0, 0.1) is 5.92 Å². The molecule has 8 heterocycles. The molecule has 1 unspecified atom stereocenters. The van der Waals surface area contributed by atoms with Crippen molar-refractivity contribution in [1.82, 2.24) is 45.8 Å². The summed E-state index contributed by atoms with van der Waals surface area (Å²) in [5, 5.41) is 13.1. The van der Waals surface area contributed by atoms with Crippen molar-refractivity contribution in [2.75, 3.05) is 108 Å². The molecule has 10 rings (SSSR count). The Kier molecular flexibility index (Phi) is 39.9. The highest BCUT2D eigenvalue weighted by molar-refractivity contribution is 6.01. The molecule has 7 saturated heterocycles. The summed E-state index contributed by atoms with van der Waals surface area (Å²) in [6.45, 7) is 60.0. The van der Waals surface area contributed by atoms with Crippen molar-refractivity contribution in [1.29, 1.82) is 0 Å². The first-order valence-corrected chi connectivity index (χ1v) is 32.9. The van der Waals surface area contributed by atoms with Gasteiger partial charge < -0.3 is 45.8 Å². The van der Waals surface area contributed by atoms with Gasteiger partial charge in [0.05, 0.1) is 13.1 Å². The van der Waals surface area contributed by atoms with Crippen molar-refractivity contribution in [3.8, 4) is 0 Å². The summed E-state index contributed by atoms with van der Waals surface area (Å²) in [5.74, 6) is 1.31. The largest absolute Gasteiger partial charge is 0.339 e. The van der Waals surface area contributed by atoms with Gasteiger partial charge in [0.2, 0.25) is 11.8 Å². The number of piperidine rings is 2. The molecule has 2 aromatic rings. The van der Waals surface area contributed by atoms with Crippen LogP contribution in [-0.2, 0) is 16.0 Å². The van der Waals surface area contributed by atoms with Gasteiger partial charge in [0.1, 0.15) is 5.54 Å². The number of likely N-dealkylation sites (tertiary alicyclic amines) is 3. The maximum atomic E-state index is 12.4. The number of benzene rings is 2. The van der Waals surface area contributed by atoms with Gasteiger partial charge in [-0.3, -0.25) is 19.4 Å². The zero-order valence-corrected chi connectivity index (χ0v) is 55.7. The Morgan fingerprint density at radius 2 is 0.938 bits per heavy atom. The highest BCUT2D eigenvalue weighted by Crippen LogP contribution is 2.37. The van der Waals surface area contributed by atoms with Gasteiger partial charge in [-0.2, -0.15) is 0 Å². The molecule has 0 bridgehead atoms. The number of carbonyl (C=O) groups excluding carboxylic acids is 2. The Labute approximate surface area is 494 Å². The van der Waals surface area contributed by atoms with Crippen LogP contribution in [-0.4, -0.2) is 183 Å². The minimum atomic E-state index is -0.341. The summed E-state index contributed by atoms with van der Waals surface area (Å²) >= 11 is 0. The number of hydrogen-bond donors (Lipinski definition) is 4. The molecule has 8 aliphatic rings. The van der Waals surface area contributed by atoms with Gasteiger partial charge in [0, 0.05) is 126 Å². The number of piperazine rings is 1. The van der Waals surface area contributed by atoms with Crippen LogP contribution >= 0.6 is 0 Å². The van der Waals surface area contributed by atoms with Gasteiger partial charge in [-0.25, -0.2) is 0 Å². The van der Waals surface area contributed by atoms with Crippen LogP contribution in [0.3, 0.4) is 0 Å². The predicted octanol–water partition coefficient (Wildman–Crippen LogP) is 11.8. The molecule has 13 nitrogen and oxygen atoms in total. The number of rotatable bonds is 8. The van der Waals surface area contributed by atoms with Crippen LogP contribution in [0.15, 0.2) is 54.6 Å². The van der Waals surface area contributed by atoms with Crippen molar-refractivity contribution < 1.29 is 9.59 Å². The highest BCUT2D eigenvalue weighted by atomic mass is 16.2. The van der Waals surface area contributed by atoms with Crippen molar-refractivity contribution in [2.45, 2.75) is 244 Å². The Hall–Kier alpha value is -3.14. The molecule has 0 aliphatic carbocycles. The molecule has 7 fully saturated rings. The van der Waals surface area contributed by atoms with E-state index >= 15 is 0 Å². The Morgan fingerprint density at radius 3 is 1.36 bits per heavy atom. The molecular formula is C67H129N11O2. The number of nitrogens with one attached hydrogen (secondary N) is 4. The van der Waals surface area contributed by atoms with E-state index < -0.39 is 0 Å². The summed E-state index contributed by atoms with van der Waals surface area (Å²) in [6, 6.07) is 23.1. The first kappa shape index (κ1) is 74.9. The summed E-state index contributed by atoms with van der Waals surface area (Å²) in [5.41, 5.74) is 3.14. The van der Waals surface area contributed by atoms with E-state index in [1.807, 2.05) is 85.7 Å². The van der Waals surface area contributed by atoms with Crippen LogP contribution < -0.4 is 31.1 Å². The van der Waals surface area contributed by atoms with Gasteiger partial charge in [-0.1, -0.05) is 106 Å². The first-order valence-electron chi connectivity index (χ1n) is 32.9. The number of hydrogen-bond acceptors (Lipinski definition) is 11. The summed E-state index contributed by atoms with van der Waals surface area (Å²) in [7, 11) is 0. The molecule has 1 atom stereocenters. The zero-order valence-electron chi connectivity index (χ0n) is 55.7. The molecule has 0 aromatic heterocycles. The van der Waals surface area contributed by atoms with Gasteiger partial charge >= 0.3 is 0 Å². The molecule has 0 saturated carbocycles. The fourth-order valence-electron chi connectivity index (χ4n) is 11.5. The second kappa shape index (κ2) is 42.6.